The molecule has 0 saturated heterocycles. The lowest BCUT2D eigenvalue weighted by Gasteiger charge is -2.08. The van der Waals surface area contributed by atoms with E-state index in [-0.39, 0.29) is 11.5 Å². The van der Waals surface area contributed by atoms with Crippen LogP contribution in [-0.4, -0.2) is 29.5 Å². The summed E-state index contributed by atoms with van der Waals surface area (Å²) in [6.07, 6.45) is 2.40. The molecule has 0 saturated carbocycles. The molecule has 0 atom stereocenters. The number of oxime groups is 1. The number of nitrogens with zero attached hydrogens (tertiary/aromatic N) is 1. The Bertz CT molecular complexity index is 1340. The van der Waals surface area contributed by atoms with Gasteiger partial charge in [0.1, 0.15) is 5.71 Å². The van der Waals surface area contributed by atoms with Gasteiger partial charge in [0, 0.05) is 37.3 Å². The number of thioether (sulfide) groups is 2. The SMILES string of the molecule is CSc1ccc(SCC/C(=N/OC(=O)c2ccccc2)C(=O)c2ccc(Sc3ccccc3)cc2)cc1. The van der Waals surface area contributed by atoms with Gasteiger partial charge < -0.3 is 4.84 Å². The second kappa shape index (κ2) is 13.9. The van der Waals surface area contributed by atoms with Crippen LogP contribution >= 0.6 is 35.3 Å². The van der Waals surface area contributed by atoms with Crippen molar-refractivity contribution in [1.29, 1.82) is 0 Å². The summed E-state index contributed by atoms with van der Waals surface area (Å²) >= 11 is 4.95. The van der Waals surface area contributed by atoms with Gasteiger partial charge in [0.05, 0.1) is 5.56 Å². The van der Waals surface area contributed by atoms with Crippen LogP contribution in [-0.2, 0) is 4.84 Å². The maximum absolute atomic E-state index is 13.3. The average Bonchev–Trinajstić information content (AvgIpc) is 2.96. The van der Waals surface area contributed by atoms with Crippen molar-refractivity contribution in [2.45, 2.75) is 26.0 Å². The third-order valence-corrected chi connectivity index (χ3v) is 8.05. The molecule has 4 rings (SSSR count). The van der Waals surface area contributed by atoms with Crippen molar-refractivity contribution in [1.82, 2.24) is 0 Å². The monoisotopic (exact) mass is 543 g/mol. The Morgan fingerprint density at radius 2 is 1.24 bits per heavy atom. The third kappa shape index (κ3) is 8.12. The highest BCUT2D eigenvalue weighted by atomic mass is 32.2. The maximum atomic E-state index is 13.3. The summed E-state index contributed by atoms with van der Waals surface area (Å²) in [5.41, 5.74) is 1.09. The first-order chi connectivity index (χ1) is 18.1. The van der Waals surface area contributed by atoms with Crippen LogP contribution in [0.2, 0.25) is 0 Å². The molecule has 0 heterocycles. The molecular formula is C30H25NO3S3. The summed E-state index contributed by atoms with van der Waals surface area (Å²) in [5.74, 6) is -0.232. The van der Waals surface area contributed by atoms with Crippen molar-refractivity contribution in [2.24, 2.45) is 5.16 Å². The van der Waals surface area contributed by atoms with Crippen molar-refractivity contribution < 1.29 is 14.4 Å². The van der Waals surface area contributed by atoms with Gasteiger partial charge in [0.2, 0.25) is 5.78 Å². The first-order valence-electron chi connectivity index (χ1n) is 11.6. The Balaban J connectivity index is 1.46. The van der Waals surface area contributed by atoms with Gasteiger partial charge in [-0.3, -0.25) is 4.79 Å². The van der Waals surface area contributed by atoms with Crippen LogP contribution in [0.25, 0.3) is 0 Å². The van der Waals surface area contributed by atoms with E-state index in [1.165, 1.54) is 4.90 Å². The fourth-order valence-electron chi connectivity index (χ4n) is 3.33. The van der Waals surface area contributed by atoms with Gasteiger partial charge in [-0.2, -0.15) is 0 Å². The van der Waals surface area contributed by atoms with Crippen LogP contribution in [0.3, 0.4) is 0 Å². The number of rotatable bonds is 11. The largest absolute Gasteiger partial charge is 0.365 e. The van der Waals surface area contributed by atoms with Gasteiger partial charge in [-0.25, -0.2) is 4.79 Å². The van der Waals surface area contributed by atoms with Crippen molar-refractivity contribution in [3.8, 4) is 0 Å². The fraction of sp³-hybridized carbons (Fsp3) is 0.100. The van der Waals surface area contributed by atoms with E-state index < -0.39 is 5.97 Å². The third-order valence-electron chi connectivity index (χ3n) is 5.27. The highest BCUT2D eigenvalue weighted by Gasteiger charge is 2.17. The number of carbonyl (C=O) groups excluding carboxylic acids is 2. The van der Waals surface area contributed by atoms with E-state index in [4.69, 9.17) is 4.84 Å². The fourth-order valence-corrected chi connectivity index (χ4v) is 5.43. The summed E-state index contributed by atoms with van der Waals surface area (Å²) in [6.45, 7) is 0. The zero-order chi connectivity index (χ0) is 25.9. The average molecular weight is 544 g/mol. The van der Waals surface area contributed by atoms with Crippen LogP contribution in [0.4, 0.5) is 0 Å². The van der Waals surface area contributed by atoms with Gasteiger partial charge in [-0.05, 0) is 79.1 Å². The molecule has 0 radical (unpaired) electrons. The molecule has 0 aliphatic carbocycles. The maximum Gasteiger partial charge on any atom is 0.365 e. The molecule has 7 heteroatoms. The predicted molar refractivity (Wildman–Crippen MR) is 154 cm³/mol. The van der Waals surface area contributed by atoms with Gasteiger partial charge in [0.15, 0.2) is 0 Å². The standard InChI is InChI=1S/C30H25NO3S3/c1-35-24-16-18-25(19-17-24)36-21-20-28(31-34-30(33)23-8-4-2-5-9-23)29(32)22-12-14-27(15-13-22)37-26-10-6-3-7-11-26/h2-19H,20-21H2,1H3/b31-28-. The van der Waals surface area contributed by atoms with Crippen LogP contribution in [0.15, 0.2) is 134 Å². The molecule has 0 N–H and O–H groups in total. The topological polar surface area (TPSA) is 55.7 Å². The minimum Gasteiger partial charge on any atom is -0.312 e. The van der Waals surface area contributed by atoms with Crippen LogP contribution in [0.5, 0.6) is 0 Å². The quantitative estimate of drug-likeness (QED) is 0.0626. The van der Waals surface area contributed by atoms with Gasteiger partial charge in [0.25, 0.3) is 0 Å². The van der Waals surface area contributed by atoms with Crippen molar-refractivity contribution in [3.05, 3.63) is 120 Å². The minimum atomic E-state index is -0.596. The number of Topliss-reactive ketones (excluding diaryl/α,β-unsaturated/α-hetero) is 1. The summed E-state index contributed by atoms with van der Waals surface area (Å²) in [5, 5.41) is 4.02. The lowest BCUT2D eigenvalue weighted by atomic mass is 10.1. The zero-order valence-corrected chi connectivity index (χ0v) is 22.7. The molecule has 186 valence electrons. The molecule has 0 fully saturated rings. The van der Waals surface area contributed by atoms with Gasteiger partial charge in [-0.1, -0.05) is 53.3 Å². The van der Waals surface area contributed by atoms with E-state index in [0.717, 1.165) is 14.7 Å². The number of carbonyl (C=O) groups is 2. The second-order valence-corrected chi connectivity index (χ2v) is 11.0. The summed E-state index contributed by atoms with van der Waals surface area (Å²) < 4.78 is 0. The molecule has 4 aromatic rings. The van der Waals surface area contributed by atoms with E-state index in [0.29, 0.717) is 23.3 Å². The summed E-state index contributed by atoms with van der Waals surface area (Å²) in [7, 11) is 0. The number of hydrogen-bond donors (Lipinski definition) is 0. The number of ketones is 1. The molecule has 0 spiro atoms. The molecule has 0 unspecified atom stereocenters. The highest BCUT2D eigenvalue weighted by Crippen LogP contribution is 2.28. The lowest BCUT2D eigenvalue weighted by molar-refractivity contribution is 0.0515. The normalized spacial score (nSPS) is 11.2. The zero-order valence-electron chi connectivity index (χ0n) is 20.2. The van der Waals surface area contributed by atoms with E-state index in [9.17, 15) is 9.59 Å². The Kier molecular flexibility index (Phi) is 10.1. The molecule has 0 aromatic heterocycles. The van der Waals surface area contributed by atoms with Crippen molar-refractivity contribution >= 4 is 52.7 Å². The molecule has 0 amide bonds. The Hall–Kier alpha value is -3.26. The van der Waals surface area contributed by atoms with Crippen molar-refractivity contribution in [3.63, 3.8) is 0 Å². The first-order valence-corrected chi connectivity index (χ1v) is 14.6. The van der Waals surface area contributed by atoms with Crippen LogP contribution in [0, 0.1) is 0 Å². The van der Waals surface area contributed by atoms with Crippen LogP contribution < -0.4 is 0 Å². The molecule has 0 aliphatic heterocycles. The Morgan fingerprint density at radius 3 is 1.89 bits per heavy atom. The van der Waals surface area contributed by atoms with E-state index in [1.807, 2.05) is 54.8 Å². The lowest BCUT2D eigenvalue weighted by Crippen LogP contribution is -2.17. The molecule has 4 nitrogen and oxygen atoms in total. The molecule has 4 aromatic carbocycles. The summed E-state index contributed by atoms with van der Waals surface area (Å²) in [4.78, 5) is 35.4. The Morgan fingerprint density at radius 1 is 0.676 bits per heavy atom. The second-order valence-electron chi connectivity index (χ2n) is 7.83. The highest BCUT2D eigenvalue weighted by molar-refractivity contribution is 7.99. The molecule has 0 aliphatic rings. The minimum absolute atomic E-state index is 0.209. The smallest absolute Gasteiger partial charge is 0.312 e. The molecule has 37 heavy (non-hydrogen) atoms. The van der Waals surface area contributed by atoms with Crippen molar-refractivity contribution in [2.75, 3.05) is 12.0 Å². The van der Waals surface area contributed by atoms with E-state index >= 15 is 0 Å². The van der Waals surface area contributed by atoms with Gasteiger partial charge in [-0.15, -0.1) is 23.5 Å². The van der Waals surface area contributed by atoms with Crippen LogP contribution in [0.1, 0.15) is 27.1 Å². The van der Waals surface area contributed by atoms with E-state index in [2.05, 4.69) is 29.4 Å². The molecular weight excluding hydrogens is 519 g/mol. The molecule has 0 bridgehead atoms. The van der Waals surface area contributed by atoms with Gasteiger partial charge >= 0.3 is 5.97 Å². The predicted octanol–water partition coefficient (Wildman–Crippen LogP) is 8.14. The van der Waals surface area contributed by atoms with E-state index in [1.54, 1.807) is 71.7 Å². The first kappa shape index (κ1) is 26.8. The Labute approximate surface area is 229 Å². The number of hydrogen-bond acceptors (Lipinski definition) is 7. The number of benzene rings is 4. The summed E-state index contributed by atoms with van der Waals surface area (Å²) in [6, 6.07) is 34.4.